The smallest absolute Gasteiger partial charge is 0.343 e. The first-order chi connectivity index (χ1) is 13.7. The lowest BCUT2D eigenvalue weighted by Crippen LogP contribution is -2.09. The first-order valence-electron chi connectivity index (χ1n) is 8.76. The number of carbonyl (C=O) groups is 1. The second-order valence-electron chi connectivity index (χ2n) is 6.35. The Kier molecular flexibility index (Phi) is 3.92. The maximum Gasteiger partial charge on any atom is 0.343 e. The summed E-state index contributed by atoms with van der Waals surface area (Å²) in [5, 5.41) is 1.82. The van der Waals surface area contributed by atoms with Crippen LogP contribution in [0.4, 0.5) is 0 Å². The van der Waals surface area contributed by atoms with Gasteiger partial charge in [0.05, 0.1) is 22.1 Å². The molecule has 0 amide bonds. The van der Waals surface area contributed by atoms with Crippen molar-refractivity contribution >= 4 is 50.4 Å². The van der Waals surface area contributed by atoms with E-state index in [9.17, 15) is 4.79 Å². The minimum absolute atomic E-state index is 0.274. The van der Waals surface area contributed by atoms with Gasteiger partial charge in [-0.15, -0.1) is 0 Å². The molecule has 134 valence electrons. The fourth-order valence-corrected chi connectivity index (χ4v) is 3.55. The zero-order chi connectivity index (χ0) is 19.1. The second-order valence-corrected chi connectivity index (χ2v) is 6.73. The van der Waals surface area contributed by atoms with Crippen LogP contribution >= 0.6 is 11.6 Å². The molecule has 5 aromatic rings. The van der Waals surface area contributed by atoms with Crippen LogP contribution in [0.5, 0.6) is 5.75 Å². The SMILES string of the molecule is O=C(Oc1c(Cl)c2nc3ccccc3nc2c2ccccc12)c1ccccc1. The molecule has 1 heterocycles. The highest BCUT2D eigenvalue weighted by molar-refractivity contribution is 6.39. The van der Waals surface area contributed by atoms with E-state index in [0.29, 0.717) is 27.7 Å². The third-order valence-corrected chi connectivity index (χ3v) is 4.96. The number of aromatic nitrogens is 2. The van der Waals surface area contributed by atoms with Crippen molar-refractivity contribution in [3.8, 4) is 5.75 Å². The molecular weight excluding hydrogens is 372 g/mol. The molecule has 0 spiro atoms. The van der Waals surface area contributed by atoms with Gasteiger partial charge < -0.3 is 4.74 Å². The minimum atomic E-state index is -0.472. The van der Waals surface area contributed by atoms with Gasteiger partial charge in [0.15, 0.2) is 5.75 Å². The van der Waals surface area contributed by atoms with Gasteiger partial charge in [-0.2, -0.15) is 0 Å². The Morgan fingerprint density at radius 1 is 0.714 bits per heavy atom. The number of para-hydroxylation sites is 2. The first-order valence-corrected chi connectivity index (χ1v) is 9.14. The number of halogens is 1. The lowest BCUT2D eigenvalue weighted by Gasteiger charge is -2.13. The van der Waals surface area contributed by atoms with Gasteiger partial charge in [-0.25, -0.2) is 14.8 Å². The van der Waals surface area contributed by atoms with E-state index in [0.717, 1.165) is 16.4 Å². The zero-order valence-corrected chi connectivity index (χ0v) is 15.4. The van der Waals surface area contributed by atoms with Gasteiger partial charge in [-0.1, -0.05) is 66.2 Å². The number of esters is 1. The molecule has 0 aliphatic carbocycles. The van der Waals surface area contributed by atoms with Gasteiger partial charge in [-0.3, -0.25) is 0 Å². The van der Waals surface area contributed by atoms with E-state index in [1.165, 1.54) is 0 Å². The Balaban J connectivity index is 1.79. The second kappa shape index (κ2) is 6.59. The molecule has 0 unspecified atom stereocenters. The van der Waals surface area contributed by atoms with Gasteiger partial charge >= 0.3 is 5.97 Å². The quantitative estimate of drug-likeness (QED) is 0.167. The van der Waals surface area contributed by atoms with E-state index in [1.807, 2.05) is 54.6 Å². The lowest BCUT2D eigenvalue weighted by molar-refractivity contribution is 0.0737. The maximum absolute atomic E-state index is 12.6. The number of hydrogen-bond donors (Lipinski definition) is 0. The fourth-order valence-electron chi connectivity index (χ4n) is 3.28. The fraction of sp³-hybridized carbons (Fsp3) is 0. The number of hydrogen-bond acceptors (Lipinski definition) is 4. The molecule has 0 saturated carbocycles. The van der Waals surface area contributed by atoms with Crippen LogP contribution in [0, 0.1) is 0 Å². The average Bonchev–Trinajstić information content (AvgIpc) is 2.76. The lowest BCUT2D eigenvalue weighted by atomic mass is 10.1. The normalized spacial score (nSPS) is 11.2. The van der Waals surface area contributed by atoms with Crippen molar-refractivity contribution in [1.29, 1.82) is 0 Å². The largest absolute Gasteiger partial charge is 0.421 e. The predicted molar refractivity (Wildman–Crippen MR) is 111 cm³/mol. The summed E-state index contributed by atoms with van der Waals surface area (Å²) in [6.45, 7) is 0. The number of fused-ring (bicyclic) bond motifs is 4. The number of rotatable bonds is 2. The van der Waals surface area contributed by atoms with Crippen LogP contribution in [0.25, 0.3) is 32.8 Å². The Bertz CT molecular complexity index is 1370. The molecule has 0 fully saturated rings. The molecule has 0 aliphatic heterocycles. The van der Waals surface area contributed by atoms with Gasteiger partial charge in [0, 0.05) is 10.8 Å². The van der Waals surface area contributed by atoms with Crippen molar-refractivity contribution in [2.45, 2.75) is 0 Å². The molecule has 28 heavy (non-hydrogen) atoms. The molecule has 4 aromatic carbocycles. The molecule has 5 heteroatoms. The Morgan fingerprint density at radius 3 is 2.00 bits per heavy atom. The van der Waals surface area contributed by atoms with Crippen molar-refractivity contribution in [3.05, 3.63) is 89.4 Å². The van der Waals surface area contributed by atoms with Gasteiger partial charge in [-0.05, 0) is 24.3 Å². The van der Waals surface area contributed by atoms with Crippen molar-refractivity contribution in [1.82, 2.24) is 9.97 Å². The summed E-state index contributed by atoms with van der Waals surface area (Å²) in [4.78, 5) is 22.1. The summed E-state index contributed by atoms with van der Waals surface area (Å²) in [6, 6.07) is 24.0. The Morgan fingerprint density at radius 2 is 1.29 bits per heavy atom. The molecule has 0 radical (unpaired) electrons. The van der Waals surface area contributed by atoms with E-state index in [-0.39, 0.29) is 5.02 Å². The van der Waals surface area contributed by atoms with Crippen molar-refractivity contribution in [2.75, 3.05) is 0 Å². The van der Waals surface area contributed by atoms with E-state index >= 15 is 0 Å². The molecular formula is C23H13ClN2O2. The summed E-state index contributed by atoms with van der Waals surface area (Å²) in [6.07, 6.45) is 0. The molecule has 0 saturated heterocycles. The van der Waals surface area contributed by atoms with Crippen LogP contribution in [-0.2, 0) is 0 Å². The molecule has 1 aromatic heterocycles. The Hall–Kier alpha value is -3.50. The van der Waals surface area contributed by atoms with E-state index < -0.39 is 5.97 Å². The van der Waals surface area contributed by atoms with Crippen LogP contribution in [0.2, 0.25) is 5.02 Å². The van der Waals surface area contributed by atoms with Crippen LogP contribution in [-0.4, -0.2) is 15.9 Å². The summed E-state index contributed by atoms with van der Waals surface area (Å²) in [5.41, 5.74) is 3.15. The van der Waals surface area contributed by atoms with E-state index in [2.05, 4.69) is 4.98 Å². The van der Waals surface area contributed by atoms with E-state index in [1.54, 1.807) is 24.3 Å². The third-order valence-electron chi connectivity index (χ3n) is 4.61. The summed E-state index contributed by atoms with van der Waals surface area (Å²) in [5.74, 6) is -0.177. The molecule has 0 N–H and O–H groups in total. The summed E-state index contributed by atoms with van der Waals surface area (Å²) >= 11 is 6.67. The molecule has 0 aliphatic rings. The predicted octanol–water partition coefficient (Wildman–Crippen LogP) is 5.81. The van der Waals surface area contributed by atoms with E-state index in [4.69, 9.17) is 21.3 Å². The monoisotopic (exact) mass is 384 g/mol. The minimum Gasteiger partial charge on any atom is -0.421 e. The number of ether oxygens (including phenoxy) is 1. The van der Waals surface area contributed by atoms with Gasteiger partial charge in [0.25, 0.3) is 0 Å². The van der Waals surface area contributed by atoms with Crippen molar-refractivity contribution < 1.29 is 9.53 Å². The Labute approximate surface area is 165 Å². The van der Waals surface area contributed by atoms with Gasteiger partial charge in [0.1, 0.15) is 10.5 Å². The van der Waals surface area contributed by atoms with Crippen LogP contribution in [0.15, 0.2) is 78.9 Å². The highest BCUT2D eigenvalue weighted by Gasteiger charge is 2.20. The number of nitrogens with zero attached hydrogens (tertiary/aromatic N) is 2. The average molecular weight is 385 g/mol. The van der Waals surface area contributed by atoms with Crippen molar-refractivity contribution in [2.24, 2.45) is 0 Å². The molecule has 4 nitrogen and oxygen atoms in total. The van der Waals surface area contributed by atoms with Crippen LogP contribution in [0.1, 0.15) is 10.4 Å². The molecule has 5 rings (SSSR count). The number of carbonyl (C=O) groups excluding carboxylic acids is 1. The van der Waals surface area contributed by atoms with Crippen molar-refractivity contribution in [3.63, 3.8) is 0 Å². The van der Waals surface area contributed by atoms with Gasteiger partial charge in [0.2, 0.25) is 0 Å². The maximum atomic E-state index is 12.6. The molecule has 0 atom stereocenters. The number of benzene rings is 4. The third kappa shape index (κ3) is 2.66. The van der Waals surface area contributed by atoms with Crippen LogP contribution in [0.3, 0.4) is 0 Å². The standard InChI is InChI=1S/C23H13ClN2O2/c24-19-21-20(25-17-12-6-7-13-18(17)26-21)15-10-4-5-11-16(15)22(19)28-23(27)14-8-2-1-3-9-14/h1-13H. The molecule has 0 bridgehead atoms. The highest BCUT2D eigenvalue weighted by atomic mass is 35.5. The summed E-state index contributed by atoms with van der Waals surface area (Å²) < 4.78 is 5.73. The topological polar surface area (TPSA) is 52.1 Å². The van der Waals surface area contributed by atoms with Crippen LogP contribution < -0.4 is 4.74 Å². The highest BCUT2D eigenvalue weighted by Crippen LogP contribution is 2.40. The first kappa shape index (κ1) is 16.7. The zero-order valence-electron chi connectivity index (χ0n) is 14.6. The summed E-state index contributed by atoms with van der Waals surface area (Å²) in [7, 11) is 0.